The maximum Gasteiger partial charge on any atom is 0.221 e. The van der Waals surface area contributed by atoms with Crippen LogP contribution in [0.2, 0.25) is 0 Å². The van der Waals surface area contributed by atoms with Crippen molar-refractivity contribution in [1.82, 2.24) is 0 Å². The molecule has 0 radical (unpaired) electrons. The first-order chi connectivity index (χ1) is 5.84. The highest BCUT2D eigenvalue weighted by Crippen LogP contribution is 2.31. The van der Waals surface area contributed by atoms with Crippen LogP contribution in [-0.4, -0.2) is 16.5 Å². The maximum absolute atomic E-state index is 11.2. The molecule has 2 nitrogen and oxygen atoms in total. The first kappa shape index (κ1) is 12.9. The van der Waals surface area contributed by atoms with Gasteiger partial charge in [-0.15, -0.1) is 0 Å². The molecule has 0 saturated carbocycles. The van der Waals surface area contributed by atoms with E-state index in [1.54, 1.807) is 0 Å². The van der Waals surface area contributed by atoms with Gasteiger partial charge in [-0.3, -0.25) is 4.79 Å². The summed E-state index contributed by atoms with van der Waals surface area (Å²) in [6.45, 7) is 5.76. The van der Waals surface area contributed by atoms with Crippen molar-refractivity contribution in [2.45, 2.75) is 27.2 Å². The molecule has 0 spiro atoms. The molecule has 13 heavy (non-hydrogen) atoms. The second-order valence-electron chi connectivity index (χ2n) is 3.75. The van der Waals surface area contributed by atoms with Gasteiger partial charge in [0, 0.05) is 11.3 Å². The molecule has 4 heteroatoms. The van der Waals surface area contributed by atoms with E-state index in [9.17, 15) is 4.79 Å². The standard InChI is InChI=1S/C9H17NOS2/c1-6(13)9(2,3)7(4-5-12)8(10)11/h7,12H,4-5H2,1-3H3,(H2,10,11). The summed E-state index contributed by atoms with van der Waals surface area (Å²) in [5.41, 5.74) is 5.01. The highest BCUT2D eigenvalue weighted by molar-refractivity contribution is 7.80. The summed E-state index contributed by atoms with van der Waals surface area (Å²) in [5.74, 6) is 0.158. The monoisotopic (exact) mass is 219 g/mol. The van der Waals surface area contributed by atoms with Crippen molar-refractivity contribution in [2.75, 3.05) is 5.75 Å². The lowest BCUT2D eigenvalue weighted by atomic mass is 9.75. The number of thiol groups is 1. The quantitative estimate of drug-likeness (QED) is 0.547. The molecule has 0 saturated heterocycles. The molecule has 0 aliphatic rings. The van der Waals surface area contributed by atoms with E-state index in [1.165, 1.54) is 0 Å². The van der Waals surface area contributed by atoms with E-state index in [2.05, 4.69) is 12.6 Å². The van der Waals surface area contributed by atoms with Crippen LogP contribution in [0.15, 0.2) is 0 Å². The molecule has 1 atom stereocenters. The second kappa shape index (κ2) is 4.96. The average molecular weight is 219 g/mol. The Morgan fingerprint density at radius 3 is 2.31 bits per heavy atom. The summed E-state index contributed by atoms with van der Waals surface area (Å²) >= 11 is 9.21. The summed E-state index contributed by atoms with van der Waals surface area (Å²) in [7, 11) is 0. The third kappa shape index (κ3) is 3.27. The van der Waals surface area contributed by atoms with Crippen molar-refractivity contribution in [3.63, 3.8) is 0 Å². The Morgan fingerprint density at radius 2 is 2.08 bits per heavy atom. The van der Waals surface area contributed by atoms with Crippen LogP contribution in [0.1, 0.15) is 27.2 Å². The highest BCUT2D eigenvalue weighted by atomic mass is 32.1. The zero-order valence-electron chi connectivity index (χ0n) is 8.33. The number of carbonyl (C=O) groups is 1. The molecule has 1 unspecified atom stereocenters. The van der Waals surface area contributed by atoms with Crippen molar-refractivity contribution in [1.29, 1.82) is 0 Å². The van der Waals surface area contributed by atoms with E-state index in [0.29, 0.717) is 12.2 Å². The number of hydrogen-bond donors (Lipinski definition) is 2. The molecule has 0 heterocycles. The fourth-order valence-electron chi connectivity index (χ4n) is 1.23. The van der Waals surface area contributed by atoms with Crippen LogP contribution < -0.4 is 5.73 Å². The van der Waals surface area contributed by atoms with Crippen LogP contribution in [0, 0.1) is 11.3 Å². The molecule has 0 aromatic heterocycles. The number of thiocarbonyl (C=S) groups is 1. The minimum atomic E-state index is -0.302. The van der Waals surface area contributed by atoms with Crippen molar-refractivity contribution in [2.24, 2.45) is 17.1 Å². The lowest BCUT2D eigenvalue weighted by Crippen LogP contribution is -2.39. The van der Waals surface area contributed by atoms with Gasteiger partial charge in [0.1, 0.15) is 0 Å². The van der Waals surface area contributed by atoms with Crippen molar-refractivity contribution < 1.29 is 4.79 Å². The number of primary amides is 1. The third-order valence-electron chi connectivity index (χ3n) is 2.54. The van der Waals surface area contributed by atoms with Gasteiger partial charge in [0.25, 0.3) is 0 Å². The molecule has 0 aliphatic carbocycles. The van der Waals surface area contributed by atoms with Gasteiger partial charge < -0.3 is 5.73 Å². The maximum atomic E-state index is 11.2. The molecule has 0 aromatic carbocycles. The zero-order valence-corrected chi connectivity index (χ0v) is 10.0. The normalized spacial score (nSPS) is 13.8. The summed E-state index contributed by atoms with van der Waals surface area (Å²) < 4.78 is 0. The second-order valence-corrected chi connectivity index (χ2v) is 4.80. The average Bonchev–Trinajstić information content (AvgIpc) is 1.98. The highest BCUT2D eigenvalue weighted by Gasteiger charge is 2.34. The van der Waals surface area contributed by atoms with E-state index >= 15 is 0 Å². The number of nitrogens with two attached hydrogens (primary N) is 1. The summed E-state index contributed by atoms with van der Waals surface area (Å²) in [6, 6.07) is 0. The predicted octanol–water partition coefficient (Wildman–Crippen LogP) is 1.82. The van der Waals surface area contributed by atoms with Gasteiger partial charge in [-0.1, -0.05) is 26.1 Å². The Hall–Kier alpha value is -0.0900. The Balaban J connectivity index is 4.71. The van der Waals surface area contributed by atoms with Crippen molar-refractivity contribution in [3.8, 4) is 0 Å². The van der Waals surface area contributed by atoms with E-state index in [1.807, 2.05) is 20.8 Å². The summed E-state index contributed by atoms with van der Waals surface area (Å²) in [5, 5.41) is 0. The van der Waals surface area contributed by atoms with Gasteiger partial charge in [-0.05, 0) is 24.0 Å². The topological polar surface area (TPSA) is 43.1 Å². The van der Waals surface area contributed by atoms with Gasteiger partial charge in [-0.2, -0.15) is 12.6 Å². The molecule has 0 aliphatic heterocycles. The van der Waals surface area contributed by atoms with Gasteiger partial charge in [0.2, 0.25) is 5.91 Å². The molecule has 0 fully saturated rings. The molecule has 0 bridgehead atoms. The van der Waals surface area contributed by atoms with E-state index < -0.39 is 0 Å². The van der Waals surface area contributed by atoms with Crippen LogP contribution >= 0.6 is 24.8 Å². The van der Waals surface area contributed by atoms with Crippen LogP contribution in [0.4, 0.5) is 0 Å². The van der Waals surface area contributed by atoms with Gasteiger partial charge in [0.15, 0.2) is 0 Å². The van der Waals surface area contributed by atoms with Gasteiger partial charge >= 0.3 is 0 Å². The fourth-order valence-corrected chi connectivity index (χ4v) is 1.63. The molecule has 0 rings (SSSR count). The van der Waals surface area contributed by atoms with Gasteiger partial charge in [0.05, 0.1) is 0 Å². The van der Waals surface area contributed by atoms with E-state index in [-0.39, 0.29) is 17.2 Å². The molecular formula is C9H17NOS2. The number of hydrogen-bond acceptors (Lipinski definition) is 3. The first-order valence-electron chi connectivity index (χ1n) is 4.25. The lowest BCUT2D eigenvalue weighted by molar-refractivity contribution is -0.124. The Bertz CT molecular complexity index is 214. The summed E-state index contributed by atoms with van der Waals surface area (Å²) in [4.78, 5) is 12.0. The molecule has 76 valence electrons. The first-order valence-corrected chi connectivity index (χ1v) is 5.29. The van der Waals surface area contributed by atoms with Gasteiger partial charge in [-0.25, -0.2) is 0 Å². The van der Waals surface area contributed by atoms with E-state index in [4.69, 9.17) is 18.0 Å². The van der Waals surface area contributed by atoms with Crippen LogP contribution in [0.25, 0.3) is 0 Å². The Morgan fingerprint density at radius 1 is 1.62 bits per heavy atom. The zero-order chi connectivity index (χ0) is 10.6. The minimum absolute atomic E-state index is 0.206. The summed E-state index contributed by atoms with van der Waals surface area (Å²) in [6.07, 6.45) is 0.680. The smallest absolute Gasteiger partial charge is 0.221 e. The Labute approximate surface area is 90.7 Å². The minimum Gasteiger partial charge on any atom is -0.369 e. The van der Waals surface area contributed by atoms with Crippen LogP contribution in [0.5, 0.6) is 0 Å². The fraction of sp³-hybridized carbons (Fsp3) is 0.778. The molecular weight excluding hydrogens is 202 g/mol. The van der Waals surface area contributed by atoms with Crippen LogP contribution in [-0.2, 0) is 4.79 Å². The third-order valence-corrected chi connectivity index (χ3v) is 3.32. The SMILES string of the molecule is CC(=S)C(C)(C)C(CCS)C(N)=O. The van der Waals surface area contributed by atoms with Crippen molar-refractivity contribution in [3.05, 3.63) is 0 Å². The number of carbonyl (C=O) groups excluding carboxylic acids is 1. The lowest BCUT2D eigenvalue weighted by Gasteiger charge is -2.31. The van der Waals surface area contributed by atoms with Crippen LogP contribution in [0.3, 0.4) is 0 Å². The molecule has 1 amide bonds. The molecule has 0 aromatic rings. The largest absolute Gasteiger partial charge is 0.369 e. The van der Waals surface area contributed by atoms with Crippen molar-refractivity contribution >= 4 is 35.6 Å². The molecule has 2 N–H and O–H groups in total. The predicted molar refractivity (Wildman–Crippen MR) is 63.2 cm³/mol. The van der Waals surface area contributed by atoms with E-state index in [0.717, 1.165) is 4.86 Å². The number of rotatable bonds is 5. The number of amides is 1. The Kier molecular flexibility index (Phi) is 4.92.